The fourth-order valence-corrected chi connectivity index (χ4v) is 0.933. The highest BCUT2D eigenvalue weighted by Gasteiger charge is 2.15. The summed E-state index contributed by atoms with van der Waals surface area (Å²) >= 11 is 0. The largest absolute Gasteiger partial charge is 0.480 e. The van der Waals surface area contributed by atoms with Crippen molar-refractivity contribution in [2.75, 3.05) is 11.9 Å². The molecule has 0 radical (unpaired) electrons. The van der Waals surface area contributed by atoms with E-state index in [0.29, 0.717) is 5.69 Å². The molecule has 0 aliphatic rings. The van der Waals surface area contributed by atoms with Crippen LogP contribution in [-0.2, 0) is 4.79 Å². The molecule has 4 nitrogen and oxygen atoms in total. The van der Waals surface area contributed by atoms with E-state index in [-0.39, 0.29) is 0 Å². The zero-order chi connectivity index (χ0) is 10.6. The molecule has 5 heteroatoms. The Hall–Kier alpha value is -1.62. The Morgan fingerprint density at radius 3 is 2.43 bits per heavy atom. The lowest BCUT2D eigenvalue weighted by molar-refractivity contribution is -0.138. The Balaban J connectivity index is 2.67. The molecule has 3 N–H and O–H groups in total. The number of carboxylic acids is 1. The molecule has 0 aliphatic heterocycles. The molecular weight excluding hydrogens is 189 g/mol. The van der Waals surface area contributed by atoms with Gasteiger partial charge in [-0.3, -0.25) is 0 Å². The number of hydrogen-bond donors (Lipinski definition) is 3. The fraction of sp³-hybridized carbons (Fsp3) is 0.222. The lowest BCUT2D eigenvalue weighted by Gasteiger charge is -2.12. The average Bonchev–Trinajstić information content (AvgIpc) is 2.16. The summed E-state index contributed by atoms with van der Waals surface area (Å²) in [5.41, 5.74) is 0.452. The first-order valence-electron chi connectivity index (χ1n) is 3.99. The van der Waals surface area contributed by atoms with Crippen LogP contribution < -0.4 is 5.32 Å². The normalized spacial score (nSPS) is 12.1. The molecule has 0 spiro atoms. The van der Waals surface area contributed by atoms with Gasteiger partial charge in [-0.15, -0.1) is 0 Å². The van der Waals surface area contributed by atoms with Gasteiger partial charge in [-0.05, 0) is 24.3 Å². The van der Waals surface area contributed by atoms with Gasteiger partial charge >= 0.3 is 5.97 Å². The number of benzene rings is 1. The van der Waals surface area contributed by atoms with E-state index >= 15 is 0 Å². The van der Waals surface area contributed by atoms with Crippen molar-refractivity contribution in [3.63, 3.8) is 0 Å². The molecule has 1 rings (SSSR count). The first-order chi connectivity index (χ1) is 6.63. The first kappa shape index (κ1) is 10.5. The smallest absolute Gasteiger partial charge is 0.328 e. The number of aliphatic carboxylic acids is 1. The van der Waals surface area contributed by atoms with E-state index in [0.717, 1.165) is 0 Å². The van der Waals surface area contributed by atoms with E-state index in [2.05, 4.69) is 5.32 Å². The van der Waals surface area contributed by atoms with Gasteiger partial charge in [0.05, 0.1) is 6.61 Å². The molecule has 0 unspecified atom stereocenters. The van der Waals surface area contributed by atoms with Crippen LogP contribution >= 0.6 is 0 Å². The van der Waals surface area contributed by atoms with Crippen molar-refractivity contribution in [2.45, 2.75) is 6.04 Å². The number of aliphatic hydroxyl groups is 1. The number of hydrogen-bond acceptors (Lipinski definition) is 3. The third-order valence-corrected chi connectivity index (χ3v) is 1.67. The second-order valence-corrected chi connectivity index (χ2v) is 2.72. The number of rotatable bonds is 4. The molecule has 1 aromatic rings. The number of carbonyl (C=O) groups is 1. The van der Waals surface area contributed by atoms with Crippen LogP contribution in [0.3, 0.4) is 0 Å². The van der Waals surface area contributed by atoms with Gasteiger partial charge in [0.2, 0.25) is 0 Å². The number of aliphatic hydroxyl groups excluding tert-OH is 1. The van der Waals surface area contributed by atoms with E-state index in [1.165, 1.54) is 24.3 Å². The summed E-state index contributed by atoms with van der Waals surface area (Å²) in [6.45, 7) is -0.521. The van der Waals surface area contributed by atoms with Crippen LogP contribution in [0.25, 0.3) is 0 Å². The highest BCUT2D eigenvalue weighted by molar-refractivity contribution is 5.77. The van der Waals surface area contributed by atoms with Crippen molar-refractivity contribution in [1.82, 2.24) is 0 Å². The van der Waals surface area contributed by atoms with Gasteiger partial charge in [-0.2, -0.15) is 0 Å². The molecule has 0 amide bonds. The lowest BCUT2D eigenvalue weighted by Crippen LogP contribution is -2.32. The second kappa shape index (κ2) is 4.57. The summed E-state index contributed by atoms with van der Waals surface area (Å²) in [5, 5.41) is 19.8. The second-order valence-electron chi connectivity index (χ2n) is 2.72. The summed E-state index contributed by atoms with van der Waals surface area (Å²) in [5.74, 6) is -1.55. The van der Waals surface area contributed by atoms with Gasteiger partial charge in [0.25, 0.3) is 0 Å². The van der Waals surface area contributed by atoms with Crippen molar-refractivity contribution >= 4 is 11.7 Å². The van der Waals surface area contributed by atoms with Crippen LogP contribution in [0.5, 0.6) is 0 Å². The van der Waals surface area contributed by atoms with E-state index in [1.54, 1.807) is 0 Å². The van der Waals surface area contributed by atoms with Crippen molar-refractivity contribution in [2.24, 2.45) is 0 Å². The van der Waals surface area contributed by atoms with Crippen LogP contribution in [0.1, 0.15) is 0 Å². The molecule has 0 aromatic heterocycles. The van der Waals surface area contributed by atoms with Crippen molar-refractivity contribution in [3.05, 3.63) is 30.1 Å². The number of anilines is 1. The molecule has 14 heavy (non-hydrogen) atoms. The Bertz CT molecular complexity index is 312. The van der Waals surface area contributed by atoms with Crippen LogP contribution in [0, 0.1) is 5.82 Å². The van der Waals surface area contributed by atoms with Crippen LogP contribution in [-0.4, -0.2) is 28.8 Å². The van der Waals surface area contributed by atoms with Gasteiger partial charge in [-0.25, -0.2) is 9.18 Å². The Morgan fingerprint density at radius 2 is 2.00 bits per heavy atom. The monoisotopic (exact) mass is 199 g/mol. The zero-order valence-electron chi connectivity index (χ0n) is 7.27. The molecule has 0 bridgehead atoms. The maximum atomic E-state index is 12.5. The van der Waals surface area contributed by atoms with Gasteiger partial charge in [0.15, 0.2) is 0 Å². The summed E-state index contributed by atoms with van der Waals surface area (Å²) in [7, 11) is 0. The minimum atomic E-state index is -1.16. The Morgan fingerprint density at radius 1 is 1.43 bits per heavy atom. The summed E-state index contributed by atoms with van der Waals surface area (Å²) in [6, 6.07) is 4.15. The van der Waals surface area contributed by atoms with Gasteiger partial charge in [0, 0.05) is 5.69 Å². The molecule has 1 atom stereocenters. The molecule has 0 saturated heterocycles. The third-order valence-electron chi connectivity index (χ3n) is 1.67. The summed E-state index contributed by atoms with van der Waals surface area (Å²) in [6.07, 6.45) is 0. The molecule has 0 heterocycles. The lowest BCUT2D eigenvalue weighted by atomic mass is 10.2. The first-order valence-corrected chi connectivity index (χ1v) is 3.99. The molecular formula is C9H10FNO3. The minimum Gasteiger partial charge on any atom is -0.480 e. The van der Waals surface area contributed by atoms with Crippen molar-refractivity contribution in [3.8, 4) is 0 Å². The Labute approximate surface area is 80.0 Å². The van der Waals surface area contributed by atoms with E-state index in [9.17, 15) is 9.18 Å². The van der Waals surface area contributed by atoms with Crippen molar-refractivity contribution < 1.29 is 19.4 Å². The van der Waals surface area contributed by atoms with Crippen LogP contribution in [0.15, 0.2) is 24.3 Å². The standard InChI is InChI=1S/C9H10FNO3/c10-6-1-3-7(4-2-6)11-8(5-12)9(13)14/h1-4,8,11-12H,5H2,(H,13,14)/t8-/m0/s1. The van der Waals surface area contributed by atoms with E-state index in [1.807, 2.05) is 0 Å². The highest BCUT2D eigenvalue weighted by Crippen LogP contribution is 2.09. The average molecular weight is 199 g/mol. The molecule has 1 aromatic carbocycles. The summed E-state index contributed by atoms with van der Waals surface area (Å²) in [4.78, 5) is 10.5. The van der Waals surface area contributed by atoms with E-state index in [4.69, 9.17) is 10.2 Å². The number of carboxylic acid groups (broad SMARTS) is 1. The van der Waals surface area contributed by atoms with E-state index < -0.39 is 24.4 Å². The fourth-order valence-electron chi connectivity index (χ4n) is 0.933. The minimum absolute atomic E-state index is 0.397. The van der Waals surface area contributed by atoms with Crippen molar-refractivity contribution in [1.29, 1.82) is 0 Å². The zero-order valence-corrected chi connectivity index (χ0v) is 7.27. The topological polar surface area (TPSA) is 69.6 Å². The maximum Gasteiger partial charge on any atom is 0.328 e. The molecule has 0 fully saturated rings. The molecule has 0 saturated carbocycles. The quantitative estimate of drug-likeness (QED) is 0.667. The predicted molar refractivity (Wildman–Crippen MR) is 48.5 cm³/mol. The SMILES string of the molecule is O=C(O)[C@H](CO)Nc1ccc(F)cc1. The number of nitrogens with one attached hydrogen (secondary N) is 1. The van der Waals surface area contributed by atoms with Crippen LogP contribution in [0.4, 0.5) is 10.1 Å². The predicted octanol–water partition coefficient (Wildman–Crippen LogP) is 0.683. The number of halogens is 1. The Kier molecular flexibility index (Phi) is 3.41. The molecule has 0 aliphatic carbocycles. The van der Waals surface area contributed by atoms with Gasteiger partial charge in [-0.1, -0.05) is 0 Å². The van der Waals surface area contributed by atoms with Gasteiger partial charge in [0.1, 0.15) is 11.9 Å². The highest BCUT2D eigenvalue weighted by atomic mass is 19.1. The maximum absolute atomic E-state index is 12.5. The van der Waals surface area contributed by atoms with Gasteiger partial charge < -0.3 is 15.5 Å². The summed E-state index contributed by atoms with van der Waals surface area (Å²) < 4.78 is 12.5. The molecule has 76 valence electrons. The third kappa shape index (κ3) is 2.70. The van der Waals surface area contributed by atoms with Crippen LogP contribution in [0.2, 0.25) is 0 Å².